The maximum atomic E-state index is 11.6. The van der Waals surface area contributed by atoms with Crippen LogP contribution in [0.1, 0.15) is 39.0 Å². The number of carbonyl (C=O) groups is 1. The number of aliphatic hydroxyl groups excluding tert-OH is 1. The van der Waals surface area contributed by atoms with E-state index >= 15 is 0 Å². The second kappa shape index (κ2) is 8.02. The molecule has 0 aliphatic heterocycles. The van der Waals surface area contributed by atoms with E-state index in [0.29, 0.717) is 6.42 Å². The lowest BCUT2D eigenvalue weighted by atomic mass is 9.99. The molecule has 0 saturated carbocycles. The Hall–Kier alpha value is -1.15. The molecule has 1 aliphatic carbocycles. The van der Waals surface area contributed by atoms with Crippen LogP contribution in [0.25, 0.3) is 0 Å². The molecule has 17 heavy (non-hydrogen) atoms. The Morgan fingerprint density at radius 1 is 1.35 bits per heavy atom. The van der Waals surface area contributed by atoms with Crippen LogP contribution in [0, 0.1) is 5.92 Å². The van der Waals surface area contributed by atoms with Gasteiger partial charge in [-0.3, -0.25) is 4.79 Å². The summed E-state index contributed by atoms with van der Waals surface area (Å²) in [5, 5.41) is 8.82. The predicted molar refractivity (Wildman–Crippen MR) is 70.7 cm³/mol. The van der Waals surface area contributed by atoms with E-state index in [1.807, 2.05) is 0 Å². The quantitative estimate of drug-likeness (QED) is 0.687. The molecule has 1 atom stereocenters. The summed E-state index contributed by atoms with van der Waals surface area (Å²) in [5.74, 6) is 0.338. The van der Waals surface area contributed by atoms with Gasteiger partial charge in [-0.15, -0.1) is 0 Å². The highest BCUT2D eigenvalue weighted by Gasteiger charge is 2.23. The largest absolute Gasteiger partial charge is 0.396 e. The van der Waals surface area contributed by atoms with Gasteiger partial charge < -0.3 is 5.11 Å². The molecule has 0 fully saturated rings. The van der Waals surface area contributed by atoms with Crippen molar-refractivity contribution in [2.24, 2.45) is 5.92 Å². The van der Waals surface area contributed by atoms with E-state index in [-0.39, 0.29) is 18.3 Å². The fourth-order valence-electron chi connectivity index (χ4n) is 2.01. The molecule has 0 spiro atoms. The Bertz CT molecular complexity index is 324. The molecule has 1 rings (SSSR count). The second-order valence-electron chi connectivity index (χ2n) is 4.40. The summed E-state index contributed by atoms with van der Waals surface area (Å²) in [6.07, 6.45) is 14.5. The highest BCUT2D eigenvalue weighted by molar-refractivity contribution is 5.95. The van der Waals surface area contributed by atoms with Gasteiger partial charge in [-0.1, -0.05) is 36.8 Å². The first-order valence-electron chi connectivity index (χ1n) is 6.42. The summed E-state index contributed by atoms with van der Waals surface area (Å²) in [7, 11) is 0. The van der Waals surface area contributed by atoms with Crippen LogP contribution in [0.5, 0.6) is 0 Å². The fraction of sp³-hybridized carbons (Fsp3) is 0.533. The van der Waals surface area contributed by atoms with Crippen molar-refractivity contribution in [1.82, 2.24) is 0 Å². The third kappa shape index (κ3) is 5.14. The number of hydrogen-bond donors (Lipinski definition) is 1. The van der Waals surface area contributed by atoms with Gasteiger partial charge >= 0.3 is 0 Å². The van der Waals surface area contributed by atoms with Crippen molar-refractivity contribution in [3.63, 3.8) is 0 Å². The van der Waals surface area contributed by atoms with E-state index in [1.54, 1.807) is 6.08 Å². The van der Waals surface area contributed by atoms with Gasteiger partial charge in [-0.05, 0) is 38.2 Å². The van der Waals surface area contributed by atoms with Crippen LogP contribution in [0.2, 0.25) is 0 Å². The van der Waals surface area contributed by atoms with Crippen molar-refractivity contribution in [1.29, 1.82) is 0 Å². The summed E-state index contributed by atoms with van der Waals surface area (Å²) in [6.45, 7) is 2.26. The first-order chi connectivity index (χ1) is 8.27. The molecule has 1 unspecified atom stereocenters. The standard InChI is InChI=1S/C15H22O2/c1-2-3-4-5-6-7-8-14-11-13(9-10-16)12-15(14)17/h3-4,6-7,12,14,16H,2,5,8-11H2,1H3/b4-3-,7-6+. The van der Waals surface area contributed by atoms with E-state index in [9.17, 15) is 4.79 Å². The molecule has 0 heterocycles. The highest BCUT2D eigenvalue weighted by Crippen LogP contribution is 2.26. The summed E-state index contributed by atoms with van der Waals surface area (Å²) in [5.41, 5.74) is 1.10. The lowest BCUT2D eigenvalue weighted by Crippen LogP contribution is -2.04. The Balaban J connectivity index is 2.26. The lowest BCUT2D eigenvalue weighted by molar-refractivity contribution is -0.117. The summed E-state index contributed by atoms with van der Waals surface area (Å²) in [4.78, 5) is 11.6. The van der Waals surface area contributed by atoms with Gasteiger partial charge in [0.05, 0.1) is 0 Å². The Kier molecular flexibility index (Phi) is 6.56. The molecule has 0 bridgehead atoms. The van der Waals surface area contributed by atoms with Crippen molar-refractivity contribution in [3.8, 4) is 0 Å². The molecular formula is C15H22O2. The Morgan fingerprint density at radius 2 is 2.12 bits per heavy atom. The number of rotatable bonds is 7. The minimum Gasteiger partial charge on any atom is -0.396 e. The van der Waals surface area contributed by atoms with Gasteiger partial charge in [-0.2, -0.15) is 0 Å². The summed E-state index contributed by atoms with van der Waals surface area (Å²) >= 11 is 0. The molecular weight excluding hydrogens is 212 g/mol. The molecule has 2 heteroatoms. The van der Waals surface area contributed by atoms with E-state index in [2.05, 4.69) is 31.2 Å². The monoisotopic (exact) mass is 234 g/mol. The molecule has 0 saturated heterocycles. The smallest absolute Gasteiger partial charge is 0.159 e. The average molecular weight is 234 g/mol. The number of hydrogen-bond acceptors (Lipinski definition) is 2. The third-order valence-electron chi connectivity index (χ3n) is 2.95. The minimum atomic E-state index is 0.114. The van der Waals surface area contributed by atoms with Crippen LogP contribution in [-0.4, -0.2) is 17.5 Å². The first kappa shape index (κ1) is 13.9. The molecule has 0 aromatic carbocycles. The average Bonchev–Trinajstić information content (AvgIpc) is 2.65. The molecule has 1 N–H and O–H groups in total. The third-order valence-corrected chi connectivity index (χ3v) is 2.95. The van der Waals surface area contributed by atoms with Gasteiger partial charge in [0.2, 0.25) is 0 Å². The van der Waals surface area contributed by atoms with Gasteiger partial charge in [0, 0.05) is 12.5 Å². The maximum Gasteiger partial charge on any atom is 0.159 e. The SMILES string of the molecule is CC/C=C\C/C=C/CC1CC(CCO)=CC1=O. The summed E-state index contributed by atoms with van der Waals surface area (Å²) in [6, 6.07) is 0. The van der Waals surface area contributed by atoms with Crippen LogP contribution < -0.4 is 0 Å². The van der Waals surface area contributed by atoms with E-state index < -0.39 is 0 Å². The summed E-state index contributed by atoms with van der Waals surface area (Å²) < 4.78 is 0. The van der Waals surface area contributed by atoms with Crippen molar-refractivity contribution in [3.05, 3.63) is 36.0 Å². The molecule has 0 radical (unpaired) electrons. The Labute approximate surface area is 104 Å². The number of allylic oxidation sites excluding steroid dienone is 5. The van der Waals surface area contributed by atoms with Crippen LogP contribution in [0.3, 0.4) is 0 Å². The molecule has 0 aromatic rings. The molecule has 0 amide bonds. The number of ketones is 1. The van der Waals surface area contributed by atoms with Gasteiger partial charge in [-0.25, -0.2) is 0 Å². The van der Waals surface area contributed by atoms with Gasteiger partial charge in [0.1, 0.15) is 0 Å². The molecule has 0 aromatic heterocycles. The Morgan fingerprint density at radius 3 is 2.82 bits per heavy atom. The first-order valence-corrected chi connectivity index (χ1v) is 6.42. The van der Waals surface area contributed by atoms with Crippen LogP contribution in [-0.2, 0) is 4.79 Å². The van der Waals surface area contributed by atoms with Crippen molar-refractivity contribution in [2.45, 2.75) is 39.0 Å². The lowest BCUT2D eigenvalue weighted by Gasteiger charge is -2.04. The van der Waals surface area contributed by atoms with Crippen molar-refractivity contribution >= 4 is 5.78 Å². The molecule has 94 valence electrons. The zero-order valence-corrected chi connectivity index (χ0v) is 10.6. The van der Waals surface area contributed by atoms with Gasteiger partial charge in [0.15, 0.2) is 5.78 Å². The second-order valence-corrected chi connectivity index (χ2v) is 4.40. The molecule has 2 nitrogen and oxygen atoms in total. The van der Waals surface area contributed by atoms with Crippen LogP contribution in [0.4, 0.5) is 0 Å². The molecule has 1 aliphatic rings. The topological polar surface area (TPSA) is 37.3 Å². The normalized spacial score (nSPS) is 20.7. The highest BCUT2D eigenvalue weighted by atomic mass is 16.3. The maximum absolute atomic E-state index is 11.6. The van der Waals surface area contributed by atoms with Crippen molar-refractivity contribution in [2.75, 3.05) is 6.61 Å². The van der Waals surface area contributed by atoms with E-state index in [1.165, 1.54) is 0 Å². The zero-order chi connectivity index (χ0) is 12.5. The fourth-order valence-corrected chi connectivity index (χ4v) is 2.01. The van der Waals surface area contributed by atoms with E-state index in [0.717, 1.165) is 31.3 Å². The van der Waals surface area contributed by atoms with E-state index in [4.69, 9.17) is 5.11 Å². The minimum absolute atomic E-state index is 0.114. The number of aliphatic hydroxyl groups is 1. The van der Waals surface area contributed by atoms with Gasteiger partial charge in [0.25, 0.3) is 0 Å². The van der Waals surface area contributed by atoms with Crippen molar-refractivity contribution < 1.29 is 9.90 Å². The van der Waals surface area contributed by atoms with Crippen LogP contribution in [0.15, 0.2) is 36.0 Å². The zero-order valence-electron chi connectivity index (χ0n) is 10.6. The number of carbonyl (C=O) groups excluding carboxylic acids is 1. The van der Waals surface area contributed by atoms with Crippen LogP contribution >= 0.6 is 0 Å². The predicted octanol–water partition coefficient (Wildman–Crippen LogP) is 3.19.